The molecule has 18 heavy (non-hydrogen) atoms. The van der Waals surface area contributed by atoms with Crippen molar-refractivity contribution >= 4 is 15.9 Å². The number of piperidine rings is 1. The van der Waals surface area contributed by atoms with E-state index in [1.54, 1.807) is 0 Å². The lowest BCUT2D eigenvalue weighted by Gasteiger charge is -2.30. The summed E-state index contributed by atoms with van der Waals surface area (Å²) < 4.78 is 24.1. The summed E-state index contributed by atoms with van der Waals surface area (Å²) in [5.74, 6) is -0.179. The number of hydrogen-bond acceptors (Lipinski definition) is 4. The van der Waals surface area contributed by atoms with Gasteiger partial charge in [-0.15, -0.1) is 0 Å². The number of amides is 1. The Bertz CT molecular complexity index is 422. The Morgan fingerprint density at radius 1 is 1.39 bits per heavy atom. The molecule has 0 aromatic rings. The molecule has 0 unspecified atom stereocenters. The van der Waals surface area contributed by atoms with E-state index in [0.717, 1.165) is 12.8 Å². The second kappa shape index (κ2) is 4.79. The number of sulfonamides is 1. The van der Waals surface area contributed by atoms with Crippen molar-refractivity contribution in [1.82, 2.24) is 9.62 Å². The van der Waals surface area contributed by atoms with E-state index >= 15 is 0 Å². The molecule has 1 saturated heterocycles. The normalized spacial score (nSPS) is 24.8. The minimum Gasteiger partial charge on any atom is -0.394 e. The minimum absolute atomic E-state index is 0.0130. The fourth-order valence-corrected chi connectivity index (χ4v) is 3.16. The summed E-state index contributed by atoms with van der Waals surface area (Å²) >= 11 is 0. The summed E-state index contributed by atoms with van der Waals surface area (Å²) in [4.78, 5) is 12.0. The molecule has 104 valence electrons. The van der Waals surface area contributed by atoms with Gasteiger partial charge in [-0.25, -0.2) is 12.7 Å². The molecule has 2 fully saturated rings. The van der Waals surface area contributed by atoms with Crippen LogP contribution >= 0.6 is 0 Å². The average molecular weight is 276 g/mol. The number of carbonyl (C=O) groups is 1. The zero-order valence-corrected chi connectivity index (χ0v) is 11.4. The lowest BCUT2D eigenvalue weighted by atomic mass is 9.97. The number of nitrogens with one attached hydrogen (secondary N) is 1. The van der Waals surface area contributed by atoms with Gasteiger partial charge in [-0.05, 0) is 25.7 Å². The second-order valence-electron chi connectivity index (χ2n) is 5.36. The number of nitrogens with zero attached hydrogens (tertiary/aromatic N) is 1. The van der Waals surface area contributed by atoms with Crippen LogP contribution in [0.1, 0.15) is 25.7 Å². The third kappa shape index (κ3) is 3.02. The molecule has 1 aliphatic carbocycles. The van der Waals surface area contributed by atoms with Gasteiger partial charge < -0.3 is 10.4 Å². The monoisotopic (exact) mass is 276 g/mol. The van der Waals surface area contributed by atoms with Crippen LogP contribution in [0.15, 0.2) is 0 Å². The van der Waals surface area contributed by atoms with Gasteiger partial charge in [0.1, 0.15) is 0 Å². The number of carbonyl (C=O) groups excluding carboxylic acids is 1. The molecule has 2 aliphatic rings. The Kier molecular flexibility index (Phi) is 3.66. The van der Waals surface area contributed by atoms with E-state index in [0.29, 0.717) is 25.9 Å². The van der Waals surface area contributed by atoms with Gasteiger partial charge in [0, 0.05) is 19.0 Å². The van der Waals surface area contributed by atoms with Gasteiger partial charge in [0.05, 0.1) is 18.4 Å². The average Bonchev–Trinajstić information content (AvgIpc) is 3.08. The topological polar surface area (TPSA) is 86.7 Å². The smallest absolute Gasteiger partial charge is 0.223 e. The first kappa shape index (κ1) is 13.8. The molecule has 0 spiro atoms. The predicted octanol–water partition coefficient (Wildman–Crippen LogP) is -0.701. The maximum Gasteiger partial charge on any atom is 0.223 e. The van der Waals surface area contributed by atoms with Crippen LogP contribution in [0.25, 0.3) is 0 Å². The number of hydrogen-bond donors (Lipinski definition) is 2. The van der Waals surface area contributed by atoms with Gasteiger partial charge >= 0.3 is 0 Å². The molecule has 1 saturated carbocycles. The first-order chi connectivity index (χ1) is 8.36. The molecule has 6 nitrogen and oxygen atoms in total. The largest absolute Gasteiger partial charge is 0.394 e. The third-order valence-corrected chi connectivity index (χ3v) is 5.14. The molecular formula is C11H20N2O4S. The Morgan fingerprint density at radius 3 is 2.33 bits per heavy atom. The quantitative estimate of drug-likeness (QED) is 0.711. The van der Waals surface area contributed by atoms with Crippen molar-refractivity contribution in [2.75, 3.05) is 26.0 Å². The first-order valence-corrected chi connectivity index (χ1v) is 8.09. The number of aliphatic hydroxyl groups is 1. The molecule has 0 atom stereocenters. The summed E-state index contributed by atoms with van der Waals surface area (Å²) in [5, 5.41) is 12.0. The van der Waals surface area contributed by atoms with E-state index in [1.165, 1.54) is 10.6 Å². The van der Waals surface area contributed by atoms with Gasteiger partial charge in [-0.2, -0.15) is 0 Å². The van der Waals surface area contributed by atoms with Crippen LogP contribution in [0.3, 0.4) is 0 Å². The van der Waals surface area contributed by atoms with Gasteiger partial charge in [-0.1, -0.05) is 0 Å². The maximum absolute atomic E-state index is 12.0. The molecule has 2 N–H and O–H groups in total. The summed E-state index contributed by atoms with van der Waals surface area (Å²) in [6, 6.07) is 0. The third-order valence-electron chi connectivity index (χ3n) is 3.84. The zero-order valence-electron chi connectivity index (χ0n) is 10.6. The minimum atomic E-state index is -3.14. The lowest BCUT2D eigenvalue weighted by Crippen LogP contribution is -2.47. The molecule has 0 radical (unpaired) electrons. The molecule has 1 amide bonds. The van der Waals surface area contributed by atoms with Crippen molar-refractivity contribution in [3.8, 4) is 0 Å². The van der Waals surface area contributed by atoms with Gasteiger partial charge in [-0.3, -0.25) is 4.79 Å². The predicted molar refractivity (Wildman–Crippen MR) is 66.3 cm³/mol. The Morgan fingerprint density at radius 2 is 1.94 bits per heavy atom. The van der Waals surface area contributed by atoms with Crippen LogP contribution < -0.4 is 5.32 Å². The van der Waals surface area contributed by atoms with Crippen molar-refractivity contribution in [2.24, 2.45) is 5.92 Å². The van der Waals surface area contributed by atoms with Crippen LogP contribution in [0, 0.1) is 5.92 Å². The highest BCUT2D eigenvalue weighted by Gasteiger charge is 2.44. The van der Waals surface area contributed by atoms with Crippen molar-refractivity contribution in [3.05, 3.63) is 0 Å². The Labute approximate surface area is 107 Å². The fraction of sp³-hybridized carbons (Fsp3) is 0.909. The van der Waals surface area contributed by atoms with Crippen molar-refractivity contribution in [1.29, 1.82) is 0 Å². The van der Waals surface area contributed by atoms with E-state index in [2.05, 4.69) is 5.32 Å². The standard InChI is InChI=1S/C11H20N2O4S/c1-18(16,17)13-6-2-9(3-7-13)10(15)12-11(8-14)4-5-11/h9,14H,2-8H2,1H3,(H,12,15). The first-order valence-electron chi connectivity index (χ1n) is 6.24. The maximum atomic E-state index is 12.0. The molecule has 1 aliphatic heterocycles. The van der Waals surface area contributed by atoms with Crippen molar-refractivity contribution in [3.63, 3.8) is 0 Å². The van der Waals surface area contributed by atoms with Crippen molar-refractivity contribution in [2.45, 2.75) is 31.2 Å². The Hall–Kier alpha value is -0.660. The second-order valence-corrected chi connectivity index (χ2v) is 7.35. The van der Waals surface area contributed by atoms with Crippen LogP contribution in [0.2, 0.25) is 0 Å². The van der Waals surface area contributed by atoms with Crippen LogP contribution in [0.5, 0.6) is 0 Å². The number of rotatable bonds is 4. The molecular weight excluding hydrogens is 256 g/mol. The van der Waals surface area contributed by atoms with E-state index < -0.39 is 10.0 Å². The van der Waals surface area contributed by atoms with Crippen molar-refractivity contribution < 1.29 is 18.3 Å². The molecule has 0 aromatic carbocycles. The summed E-state index contributed by atoms with van der Waals surface area (Å²) in [6.07, 6.45) is 3.97. The van der Waals surface area contributed by atoms with Gasteiger partial charge in [0.25, 0.3) is 0 Å². The van der Waals surface area contributed by atoms with E-state index in [-0.39, 0.29) is 24.0 Å². The van der Waals surface area contributed by atoms with Gasteiger partial charge in [0.2, 0.25) is 15.9 Å². The summed E-state index contributed by atoms with van der Waals surface area (Å²) in [5.41, 5.74) is -0.384. The molecule has 7 heteroatoms. The SMILES string of the molecule is CS(=O)(=O)N1CCC(C(=O)NC2(CO)CC2)CC1. The van der Waals surface area contributed by atoms with Crippen LogP contribution in [-0.2, 0) is 14.8 Å². The molecule has 0 bridgehead atoms. The molecule has 1 heterocycles. The highest BCUT2D eigenvalue weighted by Crippen LogP contribution is 2.35. The Balaban J connectivity index is 1.84. The van der Waals surface area contributed by atoms with E-state index in [1.807, 2.05) is 0 Å². The zero-order chi connectivity index (χ0) is 13.4. The fourth-order valence-electron chi connectivity index (χ4n) is 2.29. The number of aliphatic hydroxyl groups excluding tert-OH is 1. The van der Waals surface area contributed by atoms with E-state index in [4.69, 9.17) is 5.11 Å². The molecule has 0 aromatic heterocycles. The lowest BCUT2D eigenvalue weighted by molar-refractivity contribution is -0.127. The highest BCUT2D eigenvalue weighted by molar-refractivity contribution is 7.88. The van der Waals surface area contributed by atoms with E-state index in [9.17, 15) is 13.2 Å². The summed E-state index contributed by atoms with van der Waals surface area (Å²) in [7, 11) is -3.14. The highest BCUT2D eigenvalue weighted by atomic mass is 32.2. The molecule has 2 rings (SSSR count). The van der Waals surface area contributed by atoms with Gasteiger partial charge in [0.15, 0.2) is 0 Å². The van der Waals surface area contributed by atoms with Crippen LogP contribution in [-0.4, -0.2) is 55.2 Å². The van der Waals surface area contributed by atoms with Crippen LogP contribution in [0.4, 0.5) is 0 Å². The summed E-state index contributed by atoms with van der Waals surface area (Å²) in [6.45, 7) is 0.799.